The highest BCUT2D eigenvalue weighted by Crippen LogP contribution is 2.31. The summed E-state index contributed by atoms with van der Waals surface area (Å²) in [4.78, 5) is 52.6. The second-order valence-electron chi connectivity index (χ2n) is 9.90. The minimum atomic E-state index is -1.54. The maximum atomic E-state index is 13.4. The molecule has 0 saturated carbocycles. The maximum absolute atomic E-state index is 13.4. The molecule has 226 valence electrons. The molecule has 0 unspecified atom stereocenters. The van der Waals surface area contributed by atoms with Crippen molar-refractivity contribution >= 4 is 23.9 Å². The highest BCUT2D eigenvalue weighted by molar-refractivity contribution is 5.91. The highest BCUT2D eigenvalue weighted by Gasteiger charge is 2.53. The van der Waals surface area contributed by atoms with E-state index in [2.05, 4.69) is 0 Å². The van der Waals surface area contributed by atoms with E-state index >= 15 is 0 Å². The van der Waals surface area contributed by atoms with E-state index in [1.165, 1.54) is 36.4 Å². The van der Waals surface area contributed by atoms with Gasteiger partial charge in [-0.2, -0.15) is 5.26 Å². The molecule has 1 aliphatic rings. The van der Waals surface area contributed by atoms with Crippen LogP contribution in [-0.4, -0.2) is 61.0 Å². The van der Waals surface area contributed by atoms with E-state index in [4.69, 9.17) is 23.7 Å². The van der Waals surface area contributed by atoms with Gasteiger partial charge in [0.2, 0.25) is 0 Å². The number of hydrogen-bond donors (Lipinski definition) is 0. The molecule has 45 heavy (non-hydrogen) atoms. The van der Waals surface area contributed by atoms with Crippen LogP contribution in [0.2, 0.25) is 0 Å². The van der Waals surface area contributed by atoms with E-state index in [0.717, 1.165) is 0 Å². The molecular weight excluding hydrogens is 578 g/mol. The summed E-state index contributed by atoms with van der Waals surface area (Å²) in [6, 6.07) is 34.1. The lowest BCUT2D eigenvalue weighted by Crippen LogP contribution is -2.62. The predicted molar refractivity (Wildman–Crippen MR) is 158 cm³/mol. The number of nitriles is 1. The molecule has 0 N–H and O–H groups in total. The molecule has 0 radical (unpaired) electrons. The van der Waals surface area contributed by atoms with E-state index in [0.29, 0.717) is 0 Å². The topological polar surface area (TPSA) is 138 Å². The summed E-state index contributed by atoms with van der Waals surface area (Å²) in [7, 11) is 0. The van der Waals surface area contributed by atoms with Crippen molar-refractivity contribution in [1.29, 1.82) is 5.26 Å². The van der Waals surface area contributed by atoms with Gasteiger partial charge in [-0.1, -0.05) is 72.8 Å². The van der Waals surface area contributed by atoms with Gasteiger partial charge in [-0.25, -0.2) is 19.2 Å². The molecule has 1 fully saturated rings. The number of hydrogen-bond acceptors (Lipinski definition) is 10. The van der Waals surface area contributed by atoms with E-state index in [1.807, 2.05) is 6.07 Å². The summed E-state index contributed by atoms with van der Waals surface area (Å²) < 4.78 is 28.9. The maximum Gasteiger partial charge on any atom is 0.338 e. The van der Waals surface area contributed by atoms with Crippen LogP contribution in [0, 0.1) is 11.3 Å². The molecule has 0 spiro atoms. The molecule has 10 nitrogen and oxygen atoms in total. The van der Waals surface area contributed by atoms with Gasteiger partial charge in [0, 0.05) is 0 Å². The molecule has 0 aromatic heterocycles. The fraction of sp³-hybridized carbons (Fsp3) is 0.171. The van der Waals surface area contributed by atoms with Crippen LogP contribution >= 0.6 is 0 Å². The number of carbonyl (C=O) groups excluding carboxylic acids is 4. The minimum Gasteiger partial charge on any atom is -0.459 e. The van der Waals surface area contributed by atoms with Crippen molar-refractivity contribution in [3.05, 3.63) is 144 Å². The van der Waals surface area contributed by atoms with Gasteiger partial charge in [0.1, 0.15) is 12.7 Å². The zero-order chi connectivity index (χ0) is 31.6. The summed E-state index contributed by atoms with van der Waals surface area (Å²) in [5, 5.41) is 10.1. The van der Waals surface area contributed by atoms with E-state index in [9.17, 15) is 24.4 Å². The molecule has 5 atom stereocenters. The quantitative estimate of drug-likeness (QED) is 0.193. The monoisotopic (exact) mass is 605 g/mol. The molecule has 0 bridgehead atoms. The molecule has 10 heteroatoms. The van der Waals surface area contributed by atoms with E-state index in [-0.39, 0.29) is 22.3 Å². The molecular formula is C35H27NO9. The van der Waals surface area contributed by atoms with Crippen LogP contribution in [0.5, 0.6) is 0 Å². The van der Waals surface area contributed by atoms with Crippen molar-refractivity contribution in [2.45, 2.75) is 30.5 Å². The lowest BCUT2D eigenvalue weighted by molar-refractivity contribution is -0.215. The van der Waals surface area contributed by atoms with Crippen molar-refractivity contribution < 1.29 is 42.9 Å². The fourth-order valence-electron chi connectivity index (χ4n) is 4.67. The first-order valence-electron chi connectivity index (χ1n) is 14.0. The van der Waals surface area contributed by atoms with Crippen LogP contribution in [0.4, 0.5) is 0 Å². The number of nitrogens with zero attached hydrogens (tertiary/aromatic N) is 1. The molecule has 1 heterocycles. The van der Waals surface area contributed by atoms with Gasteiger partial charge >= 0.3 is 23.9 Å². The Morgan fingerprint density at radius 2 is 0.889 bits per heavy atom. The number of rotatable bonds is 9. The van der Waals surface area contributed by atoms with Gasteiger partial charge in [0.05, 0.1) is 28.3 Å². The third-order valence-corrected chi connectivity index (χ3v) is 6.91. The Labute approximate surface area is 258 Å². The van der Waals surface area contributed by atoms with Gasteiger partial charge in [-0.3, -0.25) is 0 Å². The molecule has 4 aromatic carbocycles. The van der Waals surface area contributed by atoms with Crippen LogP contribution in [0.3, 0.4) is 0 Å². The van der Waals surface area contributed by atoms with Crippen molar-refractivity contribution in [2.24, 2.45) is 0 Å². The highest BCUT2D eigenvalue weighted by atomic mass is 16.7. The van der Waals surface area contributed by atoms with Gasteiger partial charge < -0.3 is 23.7 Å². The van der Waals surface area contributed by atoms with Gasteiger partial charge in [-0.15, -0.1) is 0 Å². The Balaban J connectivity index is 1.51. The van der Waals surface area contributed by atoms with Crippen LogP contribution < -0.4 is 0 Å². The smallest absolute Gasteiger partial charge is 0.338 e. The van der Waals surface area contributed by atoms with Gasteiger partial charge in [-0.05, 0) is 48.5 Å². The summed E-state index contributed by atoms with van der Waals surface area (Å²) in [6.45, 7) is -0.489. The average Bonchev–Trinajstić information content (AvgIpc) is 3.10. The molecule has 1 aliphatic heterocycles. The van der Waals surface area contributed by atoms with E-state index in [1.54, 1.807) is 84.9 Å². The first-order chi connectivity index (χ1) is 21.9. The molecule has 4 aromatic rings. The number of esters is 4. The summed E-state index contributed by atoms with van der Waals surface area (Å²) >= 11 is 0. The average molecular weight is 606 g/mol. The normalized spacial score (nSPS) is 20.6. The van der Waals surface area contributed by atoms with Crippen LogP contribution in [-0.2, 0) is 23.7 Å². The van der Waals surface area contributed by atoms with Crippen molar-refractivity contribution in [2.75, 3.05) is 6.61 Å². The largest absolute Gasteiger partial charge is 0.459 e. The molecule has 1 saturated heterocycles. The van der Waals surface area contributed by atoms with Crippen LogP contribution in [0.15, 0.2) is 121 Å². The summed E-state index contributed by atoms with van der Waals surface area (Å²) in [5.74, 6) is -3.17. The third kappa shape index (κ3) is 7.60. The first kappa shape index (κ1) is 30.7. The Bertz CT molecular complexity index is 1660. The van der Waals surface area contributed by atoms with Crippen molar-refractivity contribution in [3.8, 4) is 6.07 Å². The molecule has 5 rings (SSSR count). The zero-order valence-electron chi connectivity index (χ0n) is 23.8. The fourth-order valence-corrected chi connectivity index (χ4v) is 4.67. The predicted octanol–water partition coefficient (Wildman–Crippen LogP) is 4.81. The Morgan fingerprint density at radius 1 is 0.533 bits per heavy atom. The number of ether oxygens (including phenoxy) is 5. The van der Waals surface area contributed by atoms with Gasteiger partial charge in [0.25, 0.3) is 0 Å². The number of benzene rings is 4. The lowest BCUT2D eigenvalue weighted by Gasteiger charge is -2.42. The van der Waals surface area contributed by atoms with Crippen LogP contribution in [0.25, 0.3) is 0 Å². The first-order valence-corrected chi connectivity index (χ1v) is 14.0. The standard InChI is InChI=1S/C35H27NO9/c36-21-27-29(43-33(38)24-15-7-2-8-16-24)31(45-35(40)26-19-11-4-12-20-26)30(44-34(39)25-17-9-3-10-18-25)28(42-27)22-41-32(37)23-13-5-1-6-14-23/h1-20,27-31H,22H2/t27-,28+,29-,30-,31+/m0/s1. The number of carbonyl (C=O) groups is 4. The van der Waals surface area contributed by atoms with Crippen molar-refractivity contribution in [1.82, 2.24) is 0 Å². The van der Waals surface area contributed by atoms with Crippen molar-refractivity contribution in [3.63, 3.8) is 0 Å². The lowest BCUT2D eigenvalue weighted by atomic mass is 9.94. The summed E-state index contributed by atoms with van der Waals surface area (Å²) in [6.07, 6.45) is -7.36. The molecule has 0 aliphatic carbocycles. The zero-order valence-corrected chi connectivity index (χ0v) is 23.8. The van der Waals surface area contributed by atoms with E-state index < -0.39 is 61.0 Å². The Hall–Kier alpha value is -5.79. The SMILES string of the molecule is N#C[C@@H]1O[C@H](COC(=O)c2ccccc2)[C@H](OC(=O)c2ccccc2)[C@H](OC(=O)c2ccccc2)[C@H]1OC(=O)c1ccccc1. The third-order valence-electron chi connectivity index (χ3n) is 6.91. The molecule has 0 amide bonds. The van der Waals surface area contributed by atoms with Crippen LogP contribution in [0.1, 0.15) is 41.4 Å². The Kier molecular flexibility index (Phi) is 9.94. The Morgan fingerprint density at radius 3 is 1.29 bits per heavy atom. The second-order valence-corrected chi connectivity index (χ2v) is 9.90. The minimum absolute atomic E-state index is 0.158. The van der Waals surface area contributed by atoms with Gasteiger partial charge in [0.15, 0.2) is 24.4 Å². The summed E-state index contributed by atoms with van der Waals surface area (Å²) in [5.41, 5.74) is 0.750. The second kappa shape index (κ2) is 14.6.